The van der Waals surface area contributed by atoms with Crippen LogP contribution in [0.5, 0.6) is 0 Å². The Morgan fingerprint density at radius 2 is 2.43 bits per heavy atom. The maximum atomic E-state index is 5.64. The summed E-state index contributed by atoms with van der Waals surface area (Å²) in [5.41, 5.74) is 2.29. The van der Waals surface area contributed by atoms with Crippen LogP contribution in [0.3, 0.4) is 0 Å². The molecule has 0 spiro atoms. The van der Waals surface area contributed by atoms with E-state index in [1.54, 1.807) is 0 Å². The van der Waals surface area contributed by atoms with Crippen LogP contribution in [0, 0.1) is 0 Å². The first kappa shape index (κ1) is 11.3. The van der Waals surface area contributed by atoms with Crippen molar-refractivity contribution in [1.82, 2.24) is 15.1 Å². The Hall–Kier alpha value is -0.800. The zero-order chi connectivity index (χ0) is 10.6. The van der Waals surface area contributed by atoms with E-state index < -0.39 is 0 Å². The van der Waals surface area contributed by atoms with Gasteiger partial charge in [-0.05, 0) is 12.5 Å². The molecule has 1 aromatic heterocycles. The van der Waals surface area contributed by atoms with Gasteiger partial charge in [0.15, 0.2) is 0 Å². The smallest absolute Gasteiger partial charge is 0.0625 e. The van der Waals surface area contributed by atoms with Gasteiger partial charge in [0, 0.05) is 25.2 Å². The average Bonchev–Trinajstić information content (AvgIpc) is 2.47. The molecule has 0 aliphatic carbocycles. The third-order valence-electron chi connectivity index (χ3n) is 2.01. The minimum Gasteiger partial charge on any atom is -0.306 e. The van der Waals surface area contributed by atoms with E-state index >= 15 is 0 Å². The molecule has 3 nitrogen and oxygen atoms in total. The van der Waals surface area contributed by atoms with Crippen LogP contribution in [-0.4, -0.2) is 16.3 Å². The van der Waals surface area contributed by atoms with Gasteiger partial charge in [0.25, 0.3) is 0 Å². The summed E-state index contributed by atoms with van der Waals surface area (Å²) in [6.07, 6.45) is 0.968. The normalized spacial score (nSPS) is 10.5. The van der Waals surface area contributed by atoms with Crippen LogP contribution in [0.25, 0.3) is 0 Å². The van der Waals surface area contributed by atoms with E-state index in [2.05, 4.69) is 30.0 Å². The molecule has 0 unspecified atom stereocenters. The summed E-state index contributed by atoms with van der Waals surface area (Å²) in [7, 11) is 1.95. The van der Waals surface area contributed by atoms with Crippen molar-refractivity contribution in [1.29, 1.82) is 0 Å². The highest BCUT2D eigenvalue weighted by molar-refractivity contribution is 6.29. The topological polar surface area (TPSA) is 29.9 Å². The van der Waals surface area contributed by atoms with Gasteiger partial charge in [0.1, 0.15) is 0 Å². The molecule has 0 aliphatic heterocycles. The molecule has 0 bridgehead atoms. The molecule has 78 valence electrons. The van der Waals surface area contributed by atoms with Crippen molar-refractivity contribution in [3.8, 4) is 0 Å². The number of aromatic nitrogens is 2. The Labute approximate surface area is 89.8 Å². The lowest BCUT2D eigenvalue weighted by Gasteiger charge is -2.02. The van der Waals surface area contributed by atoms with Crippen LogP contribution >= 0.6 is 11.6 Å². The number of hydrogen-bond acceptors (Lipinski definition) is 2. The minimum atomic E-state index is 0.628. The zero-order valence-electron chi connectivity index (χ0n) is 8.68. The Morgan fingerprint density at radius 1 is 1.71 bits per heavy atom. The molecule has 0 saturated carbocycles. The Balaban J connectivity index is 2.49. The lowest BCUT2D eigenvalue weighted by Crippen LogP contribution is -2.16. The summed E-state index contributed by atoms with van der Waals surface area (Å²) in [4.78, 5) is 0. The summed E-state index contributed by atoms with van der Waals surface area (Å²) in [6, 6.07) is 2.10. The first-order valence-electron chi connectivity index (χ1n) is 4.69. The Morgan fingerprint density at radius 3 is 2.93 bits per heavy atom. The molecule has 1 aromatic rings. The van der Waals surface area contributed by atoms with Gasteiger partial charge >= 0.3 is 0 Å². The molecule has 0 amide bonds. The van der Waals surface area contributed by atoms with Crippen LogP contribution in [0.1, 0.15) is 18.3 Å². The summed E-state index contributed by atoms with van der Waals surface area (Å²) in [5, 5.41) is 8.16. The van der Waals surface area contributed by atoms with Gasteiger partial charge < -0.3 is 5.32 Å². The lowest BCUT2D eigenvalue weighted by atomic mass is 10.3. The molecule has 0 fully saturated rings. The molecule has 0 atom stereocenters. The summed E-state index contributed by atoms with van der Waals surface area (Å²) in [6.45, 7) is 7.11. The van der Waals surface area contributed by atoms with Crippen LogP contribution < -0.4 is 5.32 Å². The van der Waals surface area contributed by atoms with Crippen molar-refractivity contribution in [2.45, 2.75) is 19.9 Å². The van der Waals surface area contributed by atoms with Gasteiger partial charge in [-0.2, -0.15) is 5.10 Å². The van der Waals surface area contributed by atoms with Crippen molar-refractivity contribution in [3.63, 3.8) is 0 Å². The van der Waals surface area contributed by atoms with E-state index in [1.165, 1.54) is 5.69 Å². The predicted octanol–water partition coefficient (Wildman–Crippen LogP) is 1.82. The van der Waals surface area contributed by atoms with Gasteiger partial charge in [-0.3, -0.25) is 4.68 Å². The molecule has 0 saturated heterocycles. The molecule has 1 rings (SSSR count). The monoisotopic (exact) mass is 213 g/mol. The molecule has 14 heavy (non-hydrogen) atoms. The van der Waals surface area contributed by atoms with Crippen LogP contribution in [0.15, 0.2) is 17.7 Å². The molecular formula is C10H16ClN3. The second-order valence-electron chi connectivity index (χ2n) is 3.22. The SMILES string of the molecule is C=C(Cl)CNCc1cc(CC)nn1C. The molecule has 1 N–H and O–H groups in total. The first-order valence-corrected chi connectivity index (χ1v) is 5.07. The third kappa shape index (κ3) is 3.16. The van der Waals surface area contributed by atoms with Gasteiger partial charge in [-0.1, -0.05) is 25.1 Å². The quantitative estimate of drug-likeness (QED) is 0.809. The van der Waals surface area contributed by atoms with Gasteiger partial charge in [0.2, 0.25) is 0 Å². The maximum absolute atomic E-state index is 5.64. The highest BCUT2D eigenvalue weighted by Gasteiger charge is 2.02. The summed E-state index contributed by atoms with van der Waals surface area (Å²) >= 11 is 5.64. The molecule has 4 heteroatoms. The number of rotatable bonds is 5. The zero-order valence-corrected chi connectivity index (χ0v) is 9.43. The van der Waals surface area contributed by atoms with E-state index in [1.807, 2.05) is 11.7 Å². The van der Waals surface area contributed by atoms with Crippen LogP contribution in [0.2, 0.25) is 0 Å². The van der Waals surface area contributed by atoms with Crippen molar-refractivity contribution >= 4 is 11.6 Å². The number of halogens is 1. The highest BCUT2D eigenvalue weighted by Crippen LogP contribution is 2.03. The number of hydrogen-bond donors (Lipinski definition) is 1. The summed E-state index contributed by atoms with van der Waals surface area (Å²) in [5.74, 6) is 0. The van der Waals surface area contributed by atoms with E-state index in [0.29, 0.717) is 11.6 Å². The first-order chi connectivity index (χ1) is 6.63. The fraction of sp³-hybridized carbons (Fsp3) is 0.500. The standard InChI is InChI=1S/C10H16ClN3/c1-4-9-5-10(14(3)13-9)7-12-6-8(2)11/h5,12H,2,4,6-7H2,1,3H3. The Kier molecular flexibility index (Phi) is 4.17. The molecule has 0 aliphatic rings. The highest BCUT2D eigenvalue weighted by atomic mass is 35.5. The number of aryl methyl sites for hydroxylation is 2. The summed E-state index contributed by atoms with van der Waals surface area (Å²) < 4.78 is 1.89. The van der Waals surface area contributed by atoms with Gasteiger partial charge in [-0.15, -0.1) is 0 Å². The largest absolute Gasteiger partial charge is 0.306 e. The van der Waals surface area contributed by atoms with Crippen molar-refractivity contribution in [2.75, 3.05) is 6.54 Å². The minimum absolute atomic E-state index is 0.628. The average molecular weight is 214 g/mol. The van der Waals surface area contributed by atoms with Gasteiger partial charge in [0.05, 0.1) is 11.4 Å². The maximum Gasteiger partial charge on any atom is 0.0625 e. The second kappa shape index (κ2) is 5.17. The van der Waals surface area contributed by atoms with Crippen LogP contribution in [-0.2, 0) is 20.0 Å². The second-order valence-corrected chi connectivity index (χ2v) is 3.76. The van der Waals surface area contributed by atoms with E-state index in [4.69, 9.17) is 11.6 Å². The van der Waals surface area contributed by atoms with E-state index in [9.17, 15) is 0 Å². The van der Waals surface area contributed by atoms with Crippen molar-refractivity contribution < 1.29 is 0 Å². The Bertz CT molecular complexity index is 317. The lowest BCUT2D eigenvalue weighted by molar-refractivity contribution is 0.648. The van der Waals surface area contributed by atoms with Crippen LogP contribution in [0.4, 0.5) is 0 Å². The molecular weight excluding hydrogens is 198 g/mol. The van der Waals surface area contributed by atoms with E-state index in [0.717, 1.165) is 18.7 Å². The fourth-order valence-corrected chi connectivity index (χ4v) is 1.33. The predicted molar refractivity (Wildman–Crippen MR) is 59.3 cm³/mol. The van der Waals surface area contributed by atoms with Crippen molar-refractivity contribution in [3.05, 3.63) is 29.1 Å². The third-order valence-corrected chi connectivity index (χ3v) is 2.15. The number of nitrogens with one attached hydrogen (secondary N) is 1. The number of nitrogens with zero attached hydrogens (tertiary/aromatic N) is 2. The molecule has 1 heterocycles. The van der Waals surface area contributed by atoms with E-state index in [-0.39, 0.29) is 0 Å². The molecule has 0 radical (unpaired) electrons. The van der Waals surface area contributed by atoms with Crippen molar-refractivity contribution in [2.24, 2.45) is 7.05 Å². The molecule has 0 aromatic carbocycles. The van der Waals surface area contributed by atoms with Gasteiger partial charge in [-0.25, -0.2) is 0 Å². The fourth-order valence-electron chi connectivity index (χ4n) is 1.24.